The van der Waals surface area contributed by atoms with Crippen LogP contribution in [0, 0.1) is 11.8 Å². The Morgan fingerprint density at radius 1 is 1.45 bits per heavy atom. The molecule has 2 nitrogen and oxygen atoms in total. The third-order valence-corrected chi connectivity index (χ3v) is 1.75. The van der Waals surface area contributed by atoms with Gasteiger partial charge in [-0.3, -0.25) is 4.79 Å². The molecule has 1 amide bonds. The summed E-state index contributed by atoms with van der Waals surface area (Å²) in [6.07, 6.45) is -3.52. The summed E-state index contributed by atoms with van der Waals surface area (Å²) in [5, 5.41) is 0. The van der Waals surface area contributed by atoms with E-state index < -0.39 is 23.9 Å². The average Bonchev–Trinajstić information content (AvgIpc) is 2.42. The summed E-state index contributed by atoms with van der Waals surface area (Å²) in [7, 11) is 0. The zero-order valence-corrected chi connectivity index (χ0v) is 5.69. The second kappa shape index (κ2) is 2.39. The van der Waals surface area contributed by atoms with Crippen LogP contribution in [0.3, 0.4) is 0 Å². The van der Waals surface area contributed by atoms with Crippen LogP contribution in [-0.2, 0) is 4.79 Å². The summed E-state index contributed by atoms with van der Waals surface area (Å²) in [4.78, 5) is 10.3. The quantitative estimate of drug-likeness (QED) is 0.656. The molecule has 0 bridgehead atoms. The van der Waals surface area contributed by atoms with Crippen molar-refractivity contribution in [2.75, 3.05) is 0 Å². The van der Waals surface area contributed by atoms with Crippen molar-refractivity contribution in [3.8, 4) is 0 Å². The Balaban J connectivity index is 2.66. The minimum Gasteiger partial charge on any atom is -0.369 e. The molecule has 0 aromatic heterocycles. The first kappa shape index (κ1) is 8.36. The number of rotatable bonds is 2. The maximum Gasteiger partial charge on any atom is 0.400 e. The fourth-order valence-electron chi connectivity index (χ4n) is 1.09. The fraction of sp³-hybridized carbons (Fsp3) is 0.833. The van der Waals surface area contributed by atoms with Gasteiger partial charge in [0.15, 0.2) is 0 Å². The SMILES string of the molecule is NC(=O)C(C1CC1)C(F)(F)F. The molecule has 0 aliphatic heterocycles. The van der Waals surface area contributed by atoms with Crippen LogP contribution in [0.1, 0.15) is 12.8 Å². The van der Waals surface area contributed by atoms with E-state index >= 15 is 0 Å². The number of alkyl halides is 3. The number of carbonyl (C=O) groups is 1. The number of halogens is 3. The lowest BCUT2D eigenvalue weighted by molar-refractivity contribution is -0.185. The van der Waals surface area contributed by atoms with E-state index in [0.29, 0.717) is 12.8 Å². The van der Waals surface area contributed by atoms with Crippen molar-refractivity contribution in [2.45, 2.75) is 19.0 Å². The van der Waals surface area contributed by atoms with Crippen LogP contribution in [0.5, 0.6) is 0 Å². The summed E-state index contributed by atoms with van der Waals surface area (Å²) in [5.41, 5.74) is 4.60. The van der Waals surface area contributed by atoms with Crippen molar-refractivity contribution in [1.82, 2.24) is 0 Å². The van der Waals surface area contributed by atoms with E-state index in [0.717, 1.165) is 0 Å². The van der Waals surface area contributed by atoms with E-state index in [9.17, 15) is 18.0 Å². The molecule has 0 radical (unpaired) electrons. The predicted molar refractivity (Wildman–Crippen MR) is 31.5 cm³/mol. The van der Waals surface area contributed by atoms with Crippen LogP contribution in [0.15, 0.2) is 0 Å². The normalized spacial score (nSPS) is 21.4. The zero-order valence-electron chi connectivity index (χ0n) is 5.69. The molecule has 0 aromatic carbocycles. The Bertz CT molecular complexity index is 173. The second-order valence-electron chi connectivity index (χ2n) is 2.76. The number of primary amides is 1. The van der Waals surface area contributed by atoms with Gasteiger partial charge in [0.2, 0.25) is 5.91 Å². The van der Waals surface area contributed by atoms with Gasteiger partial charge in [-0.2, -0.15) is 13.2 Å². The van der Waals surface area contributed by atoms with Gasteiger partial charge in [0.05, 0.1) is 0 Å². The Labute approximate surface area is 61.6 Å². The molecule has 0 spiro atoms. The van der Waals surface area contributed by atoms with E-state index in [4.69, 9.17) is 0 Å². The van der Waals surface area contributed by atoms with Crippen LogP contribution >= 0.6 is 0 Å². The average molecular weight is 167 g/mol. The van der Waals surface area contributed by atoms with Crippen molar-refractivity contribution in [3.05, 3.63) is 0 Å². The van der Waals surface area contributed by atoms with Gasteiger partial charge in [0.25, 0.3) is 0 Å². The molecule has 1 aliphatic carbocycles. The number of nitrogens with two attached hydrogens (primary N) is 1. The van der Waals surface area contributed by atoms with Gasteiger partial charge in [0.1, 0.15) is 5.92 Å². The van der Waals surface area contributed by atoms with Crippen molar-refractivity contribution >= 4 is 5.91 Å². The highest BCUT2D eigenvalue weighted by molar-refractivity contribution is 5.78. The standard InChI is InChI=1S/C6H8F3NO/c7-6(8,9)4(5(10)11)3-1-2-3/h3-4H,1-2H2,(H2,10,11). The van der Waals surface area contributed by atoms with E-state index in [2.05, 4.69) is 5.73 Å². The summed E-state index contributed by atoms with van der Waals surface area (Å²) < 4.78 is 35.9. The fourth-order valence-corrected chi connectivity index (χ4v) is 1.09. The van der Waals surface area contributed by atoms with Gasteiger partial charge >= 0.3 is 6.18 Å². The zero-order chi connectivity index (χ0) is 8.65. The number of amides is 1. The molecule has 11 heavy (non-hydrogen) atoms. The maximum absolute atomic E-state index is 12.0. The smallest absolute Gasteiger partial charge is 0.369 e. The van der Waals surface area contributed by atoms with Crippen LogP contribution in [0.2, 0.25) is 0 Å². The topological polar surface area (TPSA) is 43.1 Å². The summed E-state index contributed by atoms with van der Waals surface area (Å²) in [5.74, 6) is -3.71. The summed E-state index contributed by atoms with van der Waals surface area (Å²) in [6.45, 7) is 0. The first-order valence-electron chi connectivity index (χ1n) is 3.29. The number of carbonyl (C=O) groups excluding carboxylic acids is 1. The van der Waals surface area contributed by atoms with Crippen LogP contribution in [0.4, 0.5) is 13.2 Å². The van der Waals surface area contributed by atoms with Crippen LogP contribution < -0.4 is 5.73 Å². The highest BCUT2D eigenvalue weighted by Gasteiger charge is 2.52. The van der Waals surface area contributed by atoms with Crippen molar-refractivity contribution < 1.29 is 18.0 Å². The van der Waals surface area contributed by atoms with Crippen LogP contribution in [0.25, 0.3) is 0 Å². The predicted octanol–water partition coefficient (Wildman–Crippen LogP) is 1.06. The molecule has 64 valence electrons. The first-order chi connectivity index (χ1) is 4.93. The molecule has 1 atom stereocenters. The van der Waals surface area contributed by atoms with Gasteiger partial charge in [0, 0.05) is 0 Å². The molecule has 1 aliphatic rings. The Morgan fingerprint density at radius 3 is 2.00 bits per heavy atom. The monoisotopic (exact) mass is 167 g/mol. The van der Waals surface area contributed by atoms with Gasteiger partial charge < -0.3 is 5.73 Å². The van der Waals surface area contributed by atoms with Crippen molar-refractivity contribution in [2.24, 2.45) is 17.6 Å². The molecule has 1 rings (SSSR count). The number of hydrogen-bond acceptors (Lipinski definition) is 1. The minimum absolute atomic E-state index is 0.465. The molecule has 2 N–H and O–H groups in total. The molecule has 1 fully saturated rings. The molecule has 5 heteroatoms. The minimum atomic E-state index is -4.45. The highest BCUT2D eigenvalue weighted by Crippen LogP contribution is 2.44. The lowest BCUT2D eigenvalue weighted by Crippen LogP contribution is -2.37. The molecular formula is C6H8F3NO. The lowest BCUT2D eigenvalue weighted by Gasteiger charge is -2.15. The van der Waals surface area contributed by atoms with Gasteiger partial charge in [-0.05, 0) is 18.8 Å². The van der Waals surface area contributed by atoms with Crippen LogP contribution in [-0.4, -0.2) is 12.1 Å². The van der Waals surface area contributed by atoms with Gasteiger partial charge in [-0.15, -0.1) is 0 Å². The van der Waals surface area contributed by atoms with E-state index in [1.807, 2.05) is 0 Å². The maximum atomic E-state index is 12.0. The third-order valence-electron chi connectivity index (χ3n) is 1.75. The molecule has 0 saturated heterocycles. The molecule has 1 unspecified atom stereocenters. The van der Waals surface area contributed by atoms with Gasteiger partial charge in [-0.1, -0.05) is 0 Å². The van der Waals surface area contributed by atoms with E-state index in [1.165, 1.54) is 0 Å². The van der Waals surface area contributed by atoms with Gasteiger partial charge in [-0.25, -0.2) is 0 Å². The Kier molecular flexibility index (Phi) is 1.82. The van der Waals surface area contributed by atoms with Crippen molar-refractivity contribution in [3.63, 3.8) is 0 Å². The molecule has 1 saturated carbocycles. The number of hydrogen-bond donors (Lipinski definition) is 1. The molecule has 0 heterocycles. The van der Waals surface area contributed by atoms with E-state index in [-0.39, 0.29) is 0 Å². The molecule has 0 aromatic rings. The first-order valence-corrected chi connectivity index (χ1v) is 3.29. The Morgan fingerprint density at radius 2 is 1.91 bits per heavy atom. The summed E-state index contributed by atoms with van der Waals surface area (Å²) >= 11 is 0. The third kappa shape index (κ3) is 1.85. The lowest BCUT2D eigenvalue weighted by atomic mass is 10.0. The molecular weight excluding hydrogens is 159 g/mol. The van der Waals surface area contributed by atoms with Crippen molar-refractivity contribution in [1.29, 1.82) is 0 Å². The van der Waals surface area contributed by atoms with E-state index in [1.54, 1.807) is 0 Å². The summed E-state index contributed by atoms with van der Waals surface area (Å²) in [6, 6.07) is 0. The Hall–Kier alpha value is -0.740. The largest absolute Gasteiger partial charge is 0.400 e. The highest BCUT2D eigenvalue weighted by atomic mass is 19.4. The second-order valence-corrected chi connectivity index (χ2v) is 2.76.